The molecular formula is C14H19F2NO2. The summed E-state index contributed by atoms with van der Waals surface area (Å²) >= 11 is 0. The van der Waals surface area contributed by atoms with Crippen molar-refractivity contribution in [3.8, 4) is 5.88 Å². The van der Waals surface area contributed by atoms with Crippen LogP contribution < -0.4 is 4.74 Å². The maximum Gasteiger partial charge on any atom is 0.292 e. The predicted molar refractivity (Wildman–Crippen MR) is 69.3 cm³/mol. The van der Waals surface area contributed by atoms with Crippen molar-refractivity contribution in [2.45, 2.75) is 32.8 Å². The molecule has 0 radical (unpaired) electrons. The van der Waals surface area contributed by atoms with E-state index in [1.165, 1.54) is 25.4 Å². The Morgan fingerprint density at radius 3 is 2.53 bits per heavy atom. The topological polar surface area (TPSA) is 42.4 Å². The minimum atomic E-state index is -3.18. The molecule has 1 aromatic rings. The van der Waals surface area contributed by atoms with E-state index in [9.17, 15) is 13.9 Å². The van der Waals surface area contributed by atoms with Gasteiger partial charge in [-0.05, 0) is 17.6 Å². The van der Waals surface area contributed by atoms with Gasteiger partial charge in [-0.2, -0.15) is 8.78 Å². The lowest BCUT2D eigenvalue weighted by Gasteiger charge is -2.23. The molecule has 0 fully saturated rings. The van der Waals surface area contributed by atoms with Crippen molar-refractivity contribution in [2.75, 3.05) is 7.11 Å². The number of methoxy groups -OCH3 is 1. The Morgan fingerprint density at radius 1 is 1.37 bits per heavy atom. The van der Waals surface area contributed by atoms with E-state index in [2.05, 4.69) is 4.98 Å². The van der Waals surface area contributed by atoms with Gasteiger partial charge in [0.05, 0.1) is 13.2 Å². The van der Waals surface area contributed by atoms with Crippen molar-refractivity contribution >= 4 is 0 Å². The molecule has 0 aromatic carbocycles. The fourth-order valence-electron chi connectivity index (χ4n) is 1.33. The van der Waals surface area contributed by atoms with Crippen molar-refractivity contribution in [3.05, 3.63) is 36.0 Å². The molecule has 3 nitrogen and oxygen atoms in total. The quantitative estimate of drug-likeness (QED) is 0.855. The maximum absolute atomic E-state index is 13.9. The van der Waals surface area contributed by atoms with Gasteiger partial charge in [-0.25, -0.2) is 4.98 Å². The Kier molecular flexibility index (Phi) is 4.63. The number of nitrogens with zero attached hydrogens (tertiary/aromatic N) is 1. The summed E-state index contributed by atoms with van der Waals surface area (Å²) in [4.78, 5) is 3.78. The number of halogens is 2. The zero-order valence-electron chi connectivity index (χ0n) is 11.5. The number of allylic oxidation sites excluding steroid dienone is 1. The van der Waals surface area contributed by atoms with Gasteiger partial charge in [-0.15, -0.1) is 0 Å². The Labute approximate surface area is 111 Å². The molecule has 5 heteroatoms. The van der Waals surface area contributed by atoms with Crippen LogP contribution in [-0.2, 0) is 5.92 Å². The van der Waals surface area contributed by atoms with E-state index >= 15 is 0 Å². The number of aliphatic hydroxyl groups excluding tert-OH is 1. The van der Waals surface area contributed by atoms with Gasteiger partial charge in [-0.1, -0.05) is 26.8 Å². The highest BCUT2D eigenvalue weighted by Gasteiger charge is 2.30. The van der Waals surface area contributed by atoms with Gasteiger partial charge in [0.25, 0.3) is 5.92 Å². The van der Waals surface area contributed by atoms with Crippen LogP contribution >= 0.6 is 0 Å². The van der Waals surface area contributed by atoms with Gasteiger partial charge in [0.15, 0.2) is 0 Å². The second-order valence-corrected chi connectivity index (χ2v) is 5.38. The van der Waals surface area contributed by atoms with Gasteiger partial charge >= 0.3 is 0 Å². The smallest absolute Gasteiger partial charge is 0.292 e. The summed E-state index contributed by atoms with van der Waals surface area (Å²) in [5, 5.41) is 9.74. The summed E-state index contributed by atoms with van der Waals surface area (Å²) < 4.78 is 32.7. The van der Waals surface area contributed by atoms with Crippen LogP contribution in [0.2, 0.25) is 0 Å². The van der Waals surface area contributed by atoms with Crippen LogP contribution in [0.5, 0.6) is 5.88 Å². The molecule has 1 rings (SSSR count). The zero-order valence-corrected chi connectivity index (χ0v) is 11.5. The van der Waals surface area contributed by atoms with Crippen LogP contribution in [0.25, 0.3) is 0 Å². The summed E-state index contributed by atoms with van der Waals surface area (Å²) in [5.41, 5.74) is -0.709. The van der Waals surface area contributed by atoms with Gasteiger partial charge in [0.2, 0.25) is 5.88 Å². The summed E-state index contributed by atoms with van der Waals surface area (Å²) in [6, 6.07) is 2.39. The summed E-state index contributed by atoms with van der Waals surface area (Å²) in [7, 11) is 1.36. The number of hydrogen-bond acceptors (Lipinski definition) is 3. The number of hydrogen-bond donors (Lipinski definition) is 1. The average Bonchev–Trinajstić information content (AvgIpc) is 2.35. The number of pyridine rings is 1. The Balaban J connectivity index is 2.94. The Bertz CT molecular complexity index is 453. The monoisotopic (exact) mass is 271 g/mol. The lowest BCUT2D eigenvalue weighted by molar-refractivity contribution is 0.0469. The standard InChI is InChI=1S/C14H19F2NO2/c1-13(2,3)11(18)5-7-14(15,16)10-6-8-17-12(9-10)19-4/h5-9,11,18H,1-4H3/b7-5+. The van der Waals surface area contributed by atoms with E-state index in [1.807, 2.05) is 0 Å². The summed E-state index contributed by atoms with van der Waals surface area (Å²) in [5.74, 6) is -3.05. The van der Waals surface area contributed by atoms with Crippen molar-refractivity contribution in [3.63, 3.8) is 0 Å². The summed E-state index contributed by atoms with van der Waals surface area (Å²) in [6.45, 7) is 5.32. The number of alkyl halides is 2. The normalized spacial score (nSPS) is 14.7. The van der Waals surface area contributed by atoms with E-state index in [4.69, 9.17) is 4.74 Å². The van der Waals surface area contributed by atoms with Gasteiger partial charge in [0, 0.05) is 17.8 Å². The molecular weight excluding hydrogens is 252 g/mol. The molecule has 0 spiro atoms. The molecule has 0 saturated heterocycles. The molecule has 106 valence electrons. The molecule has 1 unspecified atom stereocenters. The number of aliphatic hydroxyl groups is 1. The first-order valence-electron chi connectivity index (χ1n) is 5.92. The second kappa shape index (κ2) is 5.65. The van der Waals surface area contributed by atoms with Crippen LogP contribution in [0, 0.1) is 5.41 Å². The Morgan fingerprint density at radius 2 is 2.00 bits per heavy atom. The van der Waals surface area contributed by atoms with E-state index < -0.39 is 17.4 Å². The average molecular weight is 271 g/mol. The SMILES string of the molecule is COc1cc(C(F)(F)/C=C/C(O)C(C)(C)C)ccn1. The first kappa shape index (κ1) is 15.6. The van der Waals surface area contributed by atoms with Crippen molar-refractivity contribution in [2.24, 2.45) is 5.41 Å². The number of rotatable bonds is 4. The molecule has 0 saturated carbocycles. The van der Waals surface area contributed by atoms with E-state index in [0.717, 1.165) is 6.08 Å². The highest BCUT2D eigenvalue weighted by molar-refractivity contribution is 5.28. The fourth-order valence-corrected chi connectivity index (χ4v) is 1.33. The third-order valence-corrected chi connectivity index (χ3v) is 2.70. The first-order chi connectivity index (χ1) is 8.66. The molecule has 0 amide bonds. The van der Waals surface area contributed by atoms with Gasteiger partial charge < -0.3 is 9.84 Å². The van der Waals surface area contributed by atoms with E-state index in [-0.39, 0.29) is 11.4 Å². The molecule has 0 aliphatic heterocycles. The molecule has 1 aromatic heterocycles. The fraction of sp³-hybridized carbons (Fsp3) is 0.500. The molecule has 19 heavy (non-hydrogen) atoms. The highest BCUT2D eigenvalue weighted by Crippen LogP contribution is 2.32. The third-order valence-electron chi connectivity index (χ3n) is 2.70. The van der Waals surface area contributed by atoms with Crippen LogP contribution in [-0.4, -0.2) is 23.3 Å². The van der Waals surface area contributed by atoms with Crippen molar-refractivity contribution < 1.29 is 18.6 Å². The maximum atomic E-state index is 13.9. The number of ether oxygens (including phenoxy) is 1. The van der Waals surface area contributed by atoms with E-state index in [1.54, 1.807) is 20.8 Å². The number of aromatic nitrogens is 1. The van der Waals surface area contributed by atoms with Crippen molar-refractivity contribution in [1.29, 1.82) is 0 Å². The predicted octanol–water partition coefficient (Wildman–Crippen LogP) is 3.15. The minimum absolute atomic E-state index is 0.127. The lowest BCUT2D eigenvalue weighted by Crippen LogP contribution is -2.24. The van der Waals surface area contributed by atoms with Crippen LogP contribution in [0.1, 0.15) is 26.3 Å². The van der Waals surface area contributed by atoms with Crippen molar-refractivity contribution in [1.82, 2.24) is 4.98 Å². The molecule has 1 heterocycles. The lowest BCUT2D eigenvalue weighted by atomic mass is 9.88. The molecule has 0 aliphatic carbocycles. The largest absolute Gasteiger partial charge is 0.481 e. The van der Waals surface area contributed by atoms with Crippen LogP contribution in [0.3, 0.4) is 0 Å². The molecule has 0 bridgehead atoms. The highest BCUT2D eigenvalue weighted by atomic mass is 19.3. The second-order valence-electron chi connectivity index (χ2n) is 5.38. The molecule has 1 atom stereocenters. The molecule has 0 aliphatic rings. The third kappa shape index (κ3) is 4.28. The zero-order chi connectivity index (χ0) is 14.7. The van der Waals surface area contributed by atoms with Gasteiger partial charge in [-0.3, -0.25) is 0 Å². The Hall–Kier alpha value is -1.49. The van der Waals surface area contributed by atoms with E-state index in [0.29, 0.717) is 6.08 Å². The van der Waals surface area contributed by atoms with Gasteiger partial charge in [0.1, 0.15) is 0 Å². The minimum Gasteiger partial charge on any atom is -0.481 e. The molecule has 1 N–H and O–H groups in total. The first-order valence-corrected chi connectivity index (χ1v) is 5.92. The summed E-state index contributed by atoms with van der Waals surface area (Å²) in [6.07, 6.45) is 2.14. The van der Waals surface area contributed by atoms with Crippen LogP contribution in [0.4, 0.5) is 8.78 Å². The van der Waals surface area contributed by atoms with Crippen LogP contribution in [0.15, 0.2) is 30.5 Å².